The fraction of sp³-hybridized carbons (Fsp3) is 1.00. The lowest BCUT2D eigenvalue weighted by atomic mass is 9.87. The molecule has 0 spiro atoms. The van der Waals surface area contributed by atoms with Crippen molar-refractivity contribution in [3.63, 3.8) is 0 Å². The highest BCUT2D eigenvalue weighted by Gasteiger charge is 2.41. The van der Waals surface area contributed by atoms with Crippen molar-refractivity contribution in [1.82, 2.24) is 4.90 Å². The molecule has 0 aliphatic heterocycles. The topological polar surface area (TPSA) is 23.5 Å². The third-order valence-corrected chi connectivity index (χ3v) is 5.32. The van der Waals surface area contributed by atoms with Crippen LogP contribution in [0.1, 0.15) is 66.2 Å². The molecular formula is C17H33NO. The van der Waals surface area contributed by atoms with Gasteiger partial charge in [0.2, 0.25) is 0 Å². The van der Waals surface area contributed by atoms with Crippen LogP contribution in [0.25, 0.3) is 0 Å². The number of rotatable bonds is 5. The lowest BCUT2D eigenvalue weighted by molar-refractivity contribution is 0.0243. The zero-order chi connectivity index (χ0) is 14.0. The molecule has 0 aromatic heterocycles. The van der Waals surface area contributed by atoms with Crippen LogP contribution in [0.2, 0.25) is 0 Å². The van der Waals surface area contributed by atoms with E-state index in [0.29, 0.717) is 5.92 Å². The minimum atomic E-state index is -0.108. The predicted octanol–water partition coefficient (Wildman–Crippen LogP) is 3.68. The molecule has 2 nitrogen and oxygen atoms in total. The molecule has 2 heteroatoms. The summed E-state index contributed by atoms with van der Waals surface area (Å²) >= 11 is 0. The average molecular weight is 267 g/mol. The van der Waals surface area contributed by atoms with E-state index in [1.807, 2.05) is 0 Å². The molecule has 0 heterocycles. The second-order valence-corrected chi connectivity index (χ2v) is 8.02. The summed E-state index contributed by atoms with van der Waals surface area (Å²) in [7, 11) is 0. The van der Waals surface area contributed by atoms with Crippen LogP contribution in [0.5, 0.6) is 0 Å². The molecule has 2 atom stereocenters. The first kappa shape index (κ1) is 15.3. The van der Waals surface area contributed by atoms with E-state index in [2.05, 4.69) is 32.6 Å². The molecule has 2 aliphatic rings. The highest BCUT2D eigenvalue weighted by Crippen LogP contribution is 2.42. The predicted molar refractivity (Wildman–Crippen MR) is 81.2 cm³/mol. The van der Waals surface area contributed by atoms with Gasteiger partial charge in [0.15, 0.2) is 0 Å². The van der Waals surface area contributed by atoms with Crippen molar-refractivity contribution in [2.24, 2.45) is 17.3 Å². The van der Waals surface area contributed by atoms with Gasteiger partial charge >= 0.3 is 0 Å². The van der Waals surface area contributed by atoms with Crippen LogP contribution >= 0.6 is 0 Å². The Labute approximate surface area is 119 Å². The fourth-order valence-corrected chi connectivity index (χ4v) is 4.10. The highest BCUT2D eigenvalue weighted by molar-refractivity contribution is 4.93. The normalized spacial score (nSPS) is 31.7. The van der Waals surface area contributed by atoms with Gasteiger partial charge in [-0.25, -0.2) is 0 Å². The summed E-state index contributed by atoms with van der Waals surface area (Å²) in [6, 6.07) is 0.790. The molecule has 0 saturated heterocycles. The monoisotopic (exact) mass is 267 g/mol. The van der Waals surface area contributed by atoms with Gasteiger partial charge in [0.25, 0.3) is 0 Å². The van der Waals surface area contributed by atoms with Gasteiger partial charge in [-0.15, -0.1) is 0 Å². The molecule has 0 radical (unpaired) electrons. The first-order chi connectivity index (χ1) is 8.90. The number of hydrogen-bond acceptors (Lipinski definition) is 2. The molecule has 2 unspecified atom stereocenters. The summed E-state index contributed by atoms with van der Waals surface area (Å²) in [6.45, 7) is 11.4. The Hall–Kier alpha value is -0.0800. The number of hydrogen-bond donors (Lipinski definition) is 1. The number of aliphatic hydroxyl groups is 1. The molecule has 1 N–H and O–H groups in total. The van der Waals surface area contributed by atoms with Crippen LogP contribution in [-0.4, -0.2) is 35.2 Å². The van der Waals surface area contributed by atoms with Gasteiger partial charge < -0.3 is 5.11 Å². The third-order valence-electron chi connectivity index (χ3n) is 5.32. The minimum absolute atomic E-state index is 0.108. The first-order valence-electron chi connectivity index (χ1n) is 8.32. The zero-order valence-corrected chi connectivity index (χ0v) is 13.4. The molecule has 112 valence electrons. The number of aliphatic hydroxyl groups excluding tert-OH is 1. The fourth-order valence-electron chi connectivity index (χ4n) is 4.10. The van der Waals surface area contributed by atoms with Gasteiger partial charge in [0, 0.05) is 19.1 Å². The maximum Gasteiger partial charge on any atom is 0.0631 e. The van der Waals surface area contributed by atoms with Crippen LogP contribution in [0.4, 0.5) is 0 Å². The summed E-state index contributed by atoms with van der Waals surface area (Å²) in [4.78, 5) is 2.70. The second-order valence-electron chi connectivity index (χ2n) is 8.02. The summed E-state index contributed by atoms with van der Waals surface area (Å²) in [6.07, 6.45) is 7.83. The smallest absolute Gasteiger partial charge is 0.0631 e. The Morgan fingerprint density at radius 1 is 1.16 bits per heavy atom. The van der Waals surface area contributed by atoms with Crippen molar-refractivity contribution in [3.05, 3.63) is 0 Å². The van der Waals surface area contributed by atoms with E-state index in [9.17, 15) is 5.11 Å². The summed E-state index contributed by atoms with van der Waals surface area (Å²) < 4.78 is 0. The molecule has 2 aliphatic carbocycles. The van der Waals surface area contributed by atoms with Crippen LogP contribution in [0, 0.1) is 17.3 Å². The first-order valence-corrected chi connectivity index (χ1v) is 8.32. The molecule has 2 fully saturated rings. The van der Waals surface area contributed by atoms with Gasteiger partial charge in [0.1, 0.15) is 0 Å². The molecule has 0 aromatic carbocycles. The van der Waals surface area contributed by atoms with E-state index >= 15 is 0 Å². The van der Waals surface area contributed by atoms with E-state index in [4.69, 9.17) is 0 Å². The van der Waals surface area contributed by atoms with E-state index in [1.54, 1.807) is 0 Å². The summed E-state index contributed by atoms with van der Waals surface area (Å²) in [5.74, 6) is 1.22. The zero-order valence-electron chi connectivity index (χ0n) is 13.4. The van der Waals surface area contributed by atoms with E-state index in [-0.39, 0.29) is 11.5 Å². The Kier molecular flexibility index (Phi) is 4.94. The van der Waals surface area contributed by atoms with Crippen molar-refractivity contribution in [2.75, 3.05) is 13.1 Å². The Bertz CT molecular complexity index is 281. The van der Waals surface area contributed by atoms with Crippen LogP contribution in [0.15, 0.2) is 0 Å². The molecular weight excluding hydrogens is 234 g/mol. The quantitative estimate of drug-likeness (QED) is 0.821. The Balaban J connectivity index is 1.96. The summed E-state index contributed by atoms with van der Waals surface area (Å²) in [5, 5.41) is 10.5. The number of nitrogens with zero attached hydrogens (tertiary/aromatic N) is 1. The Morgan fingerprint density at radius 2 is 1.79 bits per heavy atom. The van der Waals surface area contributed by atoms with E-state index in [0.717, 1.165) is 18.5 Å². The van der Waals surface area contributed by atoms with Gasteiger partial charge in [-0.1, -0.05) is 40.5 Å². The molecule has 2 rings (SSSR count). The maximum atomic E-state index is 10.5. The molecule has 0 amide bonds. The molecule has 0 aromatic rings. The van der Waals surface area contributed by atoms with E-state index < -0.39 is 0 Å². The van der Waals surface area contributed by atoms with Crippen LogP contribution in [-0.2, 0) is 0 Å². The standard InChI is InChI=1S/C17H33NO/c1-13(2)11-18(15-7-5-6-8-15)12-14-9-10-17(3,4)16(14)19/h13-16,19H,5-12H2,1-4H3. The van der Waals surface area contributed by atoms with Crippen molar-refractivity contribution < 1.29 is 5.11 Å². The second kappa shape index (κ2) is 6.13. The van der Waals surface area contributed by atoms with Crippen molar-refractivity contribution >= 4 is 0 Å². The van der Waals surface area contributed by atoms with Crippen molar-refractivity contribution in [2.45, 2.75) is 78.4 Å². The maximum absolute atomic E-state index is 10.5. The van der Waals surface area contributed by atoms with Gasteiger partial charge in [-0.3, -0.25) is 4.90 Å². The van der Waals surface area contributed by atoms with Gasteiger partial charge in [-0.05, 0) is 42.9 Å². The van der Waals surface area contributed by atoms with Crippen molar-refractivity contribution in [3.8, 4) is 0 Å². The molecule has 2 saturated carbocycles. The SMILES string of the molecule is CC(C)CN(CC1CCC(C)(C)C1O)C1CCCC1. The molecule has 0 bridgehead atoms. The molecule has 19 heavy (non-hydrogen) atoms. The van der Waals surface area contributed by atoms with Gasteiger partial charge in [-0.2, -0.15) is 0 Å². The van der Waals surface area contributed by atoms with Crippen LogP contribution in [0.3, 0.4) is 0 Å². The minimum Gasteiger partial charge on any atom is -0.392 e. The van der Waals surface area contributed by atoms with Crippen molar-refractivity contribution in [1.29, 1.82) is 0 Å². The largest absolute Gasteiger partial charge is 0.392 e. The highest BCUT2D eigenvalue weighted by atomic mass is 16.3. The van der Waals surface area contributed by atoms with Crippen LogP contribution < -0.4 is 0 Å². The summed E-state index contributed by atoms with van der Waals surface area (Å²) in [5.41, 5.74) is 0.129. The Morgan fingerprint density at radius 3 is 2.26 bits per heavy atom. The average Bonchev–Trinajstić information content (AvgIpc) is 2.92. The lowest BCUT2D eigenvalue weighted by Gasteiger charge is -2.35. The van der Waals surface area contributed by atoms with E-state index in [1.165, 1.54) is 45.1 Å². The lowest BCUT2D eigenvalue weighted by Crippen LogP contribution is -2.42. The van der Waals surface area contributed by atoms with Gasteiger partial charge in [0.05, 0.1) is 6.10 Å². The third kappa shape index (κ3) is 3.72.